The van der Waals surface area contributed by atoms with E-state index in [2.05, 4.69) is 16.0 Å². The van der Waals surface area contributed by atoms with Gasteiger partial charge in [-0.3, -0.25) is 14.4 Å². The summed E-state index contributed by atoms with van der Waals surface area (Å²) in [6.45, 7) is 0.983. The van der Waals surface area contributed by atoms with Crippen molar-refractivity contribution >= 4 is 29.1 Å². The van der Waals surface area contributed by atoms with Gasteiger partial charge in [0, 0.05) is 18.3 Å². The van der Waals surface area contributed by atoms with Crippen LogP contribution in [0.3, 0.4) is 0 Å². The van der Waals surface area contributed by atoms with Gasteiger partial charge in [0.1, 0.15) is 0 Å². The molecule has 0 saturated heterocycles. The quantitative estimate of drug-likeness (QED) is 0.656. The smallest absolute Gasteiger partial charge is 0.258 e. The normalized spacial score (nSPS) is 9.85. The first-order valence-corrected chi connectivity index (χ1v) is 8.18. The van der Waals surface area contributed by atoms with E-state index in [9.17, 15) is 14.4 Å². The SMILES string of the molecule is COc1ccccc1OCC(=O)NCC(=O)Nc1ccc(NC(C)=O)cc1. The molecule has 27 heavy (non-hydrogen) atoms. The molecule has 3 N–H and O–H groups in total. The summed E-state index contributed by atoms with van der Waals surface area (Å²) in [6.07, 6.45) is 0. The van der Waals surface area contributed by atoms with Crippen molar-refractivity contribution in [3.63, 3.8) is 0 Å². The number of carbonyl (C=O) groups is 3. The predicted octanol–water partition coefficient (Wildman–Crippen LogP) is 1.79. The van der Waals surface area contributed by atoms with Crippen molar-refractivity contribution in [2.24, 2.45) is 0 Å². The van der Waals surface area contributed by atoms with E-state index in [0.29, 0.717) is 22.9 Å². The Morgan fingerprint density at radius 3 is 2.04 bits per heavy atom. The molecule has 0 atom stereocenters. The molecular weight excluding hydrogens is 350 g/mol. The molecule has 0 aliphatic rings. The monoisotopic (exact) mass is 371 g/mol. The van der Waals surface area contributed by atoms with Crippen molar-refractivity contribution in [2.45, 2.75) is 6.92 Å². The number of nitrogens with one attached hydrogen (secondary N) is 3. The second-order valence-corrected chi connectivity index (χ2v) is 5.52. The van der Waals surface area contributed by atoms with Crippen molar-refractivity contribution in [2.75, 3.05) is 30.9 Å². The number of ether oxygens (including phenoxy) is 2. The molecule has 0 fully saturated rings. The zero-order valence-electron chi connectivity index (χ0n) is 15.1. The van der Waals surface area contributed by atoms with Crippen LogP contribution in [0.1, 0.15) is 6.92 Å². The van der Waals surface area contributed by atoms with Gasteiger partial charge in [0.25, 0.3) is 5.91 Å². The molecular formula is C19H21N3O5. The van der Waals surface area contributed by atoms with Crippen LogP contribution < -0.4 is 25.4 Å². The van der Waals surface area contributed by atoms with Crippen molar-refractivity contribution in [1.82, 2.24) is 5.32 Å². The van der Waals surface area contributed by atoms with Gasteiger partial charge in [-0.15, -0.1) is 0 Å². The first-order chi connectivity index (χ1) is 13.0. The van der Waals surface area contributed by atoms with Crippen molar-refractivity contribution in [1.29, 1.82) is 0 Å². The van der Waals surface area contributed by atoms with Crippen LogP contribution in [0.5, 0.6) is 11.5 Å². The van der Waals surface area contributed by atoms with Crippen LogP contribution in [0, 0.1) is 0 Å². The number of hydrogen-bond acceptors (Lipinski definition) is 5. The van der Waals surface area contributed by atoms with Gasteiger partial charge in [-0.2, -0.15) is 0 Å². The molecule has 8 heteroatoms. The van der Waals surface area contributed by atoms with Crippen molar-refractivity contribution < 1.29 is 23.9 Å². The Kier molecular flexibility index (Phi) is 7.18. The van der Waals surface area contributed by atoms with Crippen molar-refractivity contribution in [3.8, 4) is 11.5 Å². The lowest BCUT2D eigenvalue weighted by Gasteiger charge is -2.11. The highest BCUT2D eigenvalue weighted by molar-refractivity contribution is 5.95. The fraction of sp³-hybridized carbons (Fsp3) is 0.211. The molecule has 142 valence electrons. The summed E-state index contributed by atoms with van der Waals surface area (Å²) in [5.74, 6) is -0.0283. The van der Waals surface area contributed by atoms with E-state index < -0.39 is 5.91 Å². The minimum absolute atomic E-state index is 0.176. The molecule has 2 aromatic carbocycles. The molecule has 0 spiro atoms. The van der Waals surface area contributed by atoms with Crippen LogP contribution in [-0.4, -0.2) is 38.0 Å². The number of methoxy groups -OCH3 is 1. The highest BCUT2D eigenvalue weighted by Crippen LogP contribution is 2.25. The molecule has 0 radical (unpaired) electrons. The Bertz CT molecular complexity index is 805. The highest BCUT2D eigenvalue weighted by atomic mass is 16.5. The summed E-state index contributed by atoms with van der Waals surface area (Å²) in [7, 11) is 1.51. The topological polar surface area (TPSA) is 106 Å². The van der Waals surface area contributed by atoms with Gasteiger partial charge in [0.05, 0.1) is 13.7 Å². The van der Waals surface area contributed by atoms with Gasteiger partial charge in [0.15, 0.2) is 18.1 Å². The molecule has 2 rings (SSSR count). The van der Waals surface area contributed by atoms with Gasteiger partial charge in [-0.1, -0.05) is 12.1 Å². The molecule has 3 amide bonds. The first-order valence-electron chi connectivity index (χ1n) is 8.18. The molecule has 2 aromatic rings. The maximum Gasteiger partial charge on any atom is 0.258 e. The average molecular weight is 371 g/mol. The number of anilines is 2. The van der Waals surface area contributed by atoms with E-state index in [1.54, 1.807) is 48.5 Å². The third-order valence-corrected chi connectivity index (χ3v) is 3.36. The molecule has 0 saturated carbocycles. The maximum atomic E-state index is 11.9. The lowest BCUT2D eigenvalue weighted by Crippen LogP contribution is -2.35. The minimum Gasteiger partial charge on any atom is -0.493 e. The van der Waals surface area contributed by atoms with Crippen LogP contribution in [0.25, 0.3) is 0 Å². The Morgan fingerprint density at radius 2 is 1.44 bits per heavy atom. The second kappa shape index (κ2) is 9.81. The molecule has 0 unspecified atom stereocenters. The van der Waals surface area contributed by atoms with Crippen LogP contribution in [0.15, 0.2) is 48.5 Å². The molecule has 0 bridgehead atoms. The number of benzene rings is 2. The lowest BCUT2D eigenvalue weighted by molar-refractivity contribution is -0.125. The van der Waals surface area contributed by atoms with Gasteiger partial charge in [0.2, 0.25) is 11.8 Å². The Balaban J connectivity index is 1.74. The van der Waals surface area contributed by atoms with E-state index in [1.165, 1.54) is 14.0 Å². The summed E-state index contributed by atoms with van der Waals surface area (Å²) in [5.41, 5.74) is 1.18. The number of carbonyl (C=O) groups excluding carboxylic acids is 3. The van der Waals surface area contributed by atoms with Crippen molar-refractivity contribution in [3.05, 3.63) is 48.5 Å². The summed E-state index contributed by atoms with van der Waals surface area (Å²) in [4.78, 5) is 34.7. The standard InChI is InChI=1S/C19H21N3O5/c1-13(23)21-14-7-9-15(10-8-14)22-18(24)11-20-19(25)12-27-17-6-4-3-5-16(17)26-2/h3-10H,11-12H2,1-2H3,(H,20,25)(H,21,23)(H,22,24). The number of amides is 3. The summed E-state index contributed by atoms with van der Waals surface area (Å²) in [5, 5.41) is 7.75. The number of para-hydroxylation sites is 2. The number of rotatable bonds is 8. The highest BCUT2D eigenvalue weighted by Gasteiger charge is 2.09. The molecule has 0 aromatic heterocycles. The fourth-order valence-electron chi connectivity index (χ4n) is 2.16. The van der Waals surface area contributed by atoms with Crippen LogP contribution in [0.4, 0.5) is 11.4 Å². The Hall–Kier alpha value is -3.55. The molecule has 8 nitrogen and oxygen atoms in total. The van der Waals surface area contributed by atoms with Crippen LogP contribution >= 0.6 is 0 Å². The van der Waals surface area contributed by atoms with Crippen LogP contribution in [-0.2, 0) is 14.4 Å². The Morgan fingerprint density at radius 1 is 0.852 bits per heavy atom. The zero-order valence-corrected chi connectivity index (χ0v) is 15.1. The third kappa shape index (κ3) is 6.69. The largest absolute Gasteiger partial charge is 0.493 e. The summed E-state index contributed by atoms with van der Waals surface area (Å²) in [6, 6.07) is 13.6. The third-order valence-electron chi connectivity index (χ3n) is 3.36. The summed E-state index contributed by atoms with van der Waals surface area (Å²) >= 11 is 0. The molecule has 0 heterocycles. The molecule has 0 aliphatic heterocycles. The maximum absolute atomic E-state index is 11.9. The predicted molar refractivity (Wildman–Crippen MR) is 101 cm³/mol. The fourth-order valence-corrected chi connectivity index (χ4v) is 2.16. The van der Waals surface area contributed by atoms with E-state index in [1.807, 2.05) is 0 Å². The van der Waals surface area contributed by atoms with Gasteiger partial charge in [-0.05, 0) is 36.4 Å². The van der Waals surface area contributed by atoms with E-state index in [-0.39, 0.29) is 25.0 Å². The van der Waals surface area contributed by atoms with Crippen LogP contribution in [0.2, 0.25) is 0 Å². The average Bonchev–Trinajstić information content (AvgIpc) is 2.66. The van der Waals surface area contributed by atoms with E-state index >= 15 is 0 Å². The van der Waals surface area contributed by atoms with E-state index in [4.69, 9.17) is 9.47 Å². The summed E-state index contributed by atoms with van der Waals surface area (Å²) < 4.78 is 10.5. The first kappa shape index (κ1) is 19.8. The minimum atomic E-state index is -0.433. The number of hydrogen-bond donors (Lipinski definition) is 3. The Labute approximate surface area is 156 Å². The second-order valence-electron chi connectivity index (χ2n) is 5.52. The lowest BCUT2D eigenvalue weighted by atomic mass is 10.2. The molecule has 0 aliphatic carbocycles. The van der Waals surface area contributed by atoms with E-state index in [0.717, 1.165) is 0 Å². The zero-order chi connectivity index (χ0) is 19.6. The van der Waals surface area contributed by atoms with Gasteiger partial charge in [-0.25, -0.2) is 0 Å². The van der Waals surface area contributed by atoms with Gasteiger partial charge >= 0.3 is 0 Å². The van der Waals surface area contributed by atoms with Gasteiger partial charge < -0.3 is 25.4 Å².